The fraction of sp³-hybridized carbons (Fsp3) is 0.333. The van der Waals surface area contributed by atoms with E-state index in [0.29, 0.717) is 41.9 Å². The Hall–Kier alpha value is -2.87. The number of hydrogen-bond acceptors (Lipinski definition) is 4. The fourth-order valence-corrected chi connectivity index (χ4v) is 4.49. The van der Waals surface area contributed by atoms with Crippen LogP contribution in [-0.4, -0.2) is 35.5 Å². The van der Waals surface area contributed by atoms with Gasteiger partial charge in [-0.25, -0.2) is 4.98 Å². The van der Waals surface area contributed by atoms with Crippen molar-refractivity contribution in [2.24, 2.45) is 5.92 Å². The number of aromatic nitrogens is 1. The summed E-state index contributed by atoms with van der Waals surface area (Å²) in [4.78, 5) is 19.0. The molecule has 0 bridgehead atoms. The van der Waals surface area contributed by atoms with Gasteiger partial charge in [0, 0.05) is 24.0 Å². The minimum atomic E-state index is -4.36. The first-order chi connectivity index (χ1) is 15.4. The van der Waals surface area contributed by atoms with Crippen LogP contribution in [0.15, 0.2) is 60.0 Å². The number of halogens is 3. The summed E-state index contributed by atoms with van der Waals surface area (Å²) in [5, 5.41) is 2.41. The Labute approximate surface area is 188 Å². The summed E-state index contributed by atoms with van der Waals surface area (Å²) in [5.74, 6) is 1.31. The molecule has 1 fully saturated rings. The van der Waals surface area contributed by atoms with Gasteiger partial charge in [-0.05, 0) is 43.0 Å². The fourth-order valence-electron chi connectivity index (χ4n) is 3.67. The number of carbonyl (C=O) groups excluding carboxylic acids is 1. The van der Waals surface area contributed by atoms with Crippen molar-refractivity contribution >= 4 is 17.2 Å². The van der Waals surface area contributed by atoms with Gasteiger partial charge in [0.25, 0.3) is 0 Å². The molecule has 0 N–H and O–H groups in total. The van der Waals surface area contributed by atoms with E-state index in [-0.39, 0.29) is 12.3 Å². The van der Waals surface area contributed by atoms with Gasteiger partial charge in [0.2, 0.25) is 5.91 Å². The maximum atomic E-state index is 12.7. The van der Waals surface area contributed by atoms with E-state index in [1.807, 2.05) is 35.2 Å². The van der Waals surface area contributed by atoms with Gasteiger partial charge < -0.3 is 9.64 Å². The first-order valence-corrected chi connectivity index (χ1v) is 11.3. The third kappa shape index (κ3) is 5.68. The van der Waals surface area contributed by atoms with E-state index < -0.39 is 11.7 Å². The highest BCUT2D eigenvalue weighted by Gasteiger charge is 2.30. The lowest BCUT2D eigenvalue weighted by molar-refractivity contribution is -0.137. The Kier molecular flexibility index (Phi) is 6.79. The van der Waals surface area contributed by atoms with Gasteiger partial charge in [0.05, 0.1) is 24.3 Å². The van der Waals surface area contributed by atoms with Crippen molar-refractivity contribution in [2.75, 3.05) is 19.7 Å². The predicted molar refractivity (Wildman–Crippen MR) is 117 cm³/mol. The first-order valence-electron chi connectivity index (χ1n) is 10.5. The first kappa shape index (κ1) is 22.3. The quantitative estimate of drug-likeness (QED) is 0.475. The zero-order chi connectivity index (χ0) is 22.6. The van der Waals surface area contributed by atoms with Gasteiger partial charge >= 0.3 is 6.18 Å². The van der Waals surface area contributed by atoms with Crippen molar-refractivity contribution in [2.45, 2.75) is 25.4 Å². The van der Waals surface area contributed by atoms with Crippen molar-refractivity contribution in [3.63, 3.8) is 0 Å². The lowest BCUT2D eigenvalue weighted by atomic mass is 9.97. The second kappa shape index (κ2) is 9.73. The van der Waals surface area contributed by atoms with Crippen LogP contribution in [0.2, 0.25) is 0 Å². The molecule has 1 amide bonds. The van der Waals surface area contributed by atoms with Gasteiger partial charge in [0.15, 0.2) is 0 Å². The number of nitrogens with zero attached hydrogens (tertiary/aromatic N) is 2. The molecule has 0 radical (unpaired) electrons. The van der Waals surface area contributed by atoms with E-state index in [4.69, 9.17) is 4.74 Å². The largest absolute Gasteiger partial charge is 0.493 e. The molecule has 32 heavy (non-hydrogen) atoms. The van der Waals surface area contributed by atoms with E-state index in [1.54, 1.807) is 5.38 Å². The average molecular weight is 461 g/mol. The average Bonchev–Trinajstić information content (AvgIpc) is 3.27. The standard InChI is InChI=1S/C24H23F3N2O2S/c25-24(26,27)19-8-6-18(7-9-19)23-28-20(16-32-23)14-22(30)29-12-10-17(11-13-29)15-31-21-4-2-1-3-5-21/h1-9,16-17H,10-15H2. The monoisotopic (exact) mass is 460 g/mol. The molecular formula is C24H23F3N2O2S. The normalized spacial score (nSPS) is 15.0. The summed E-state index contributed by atoms with van der Waals surface area (Å²) >= 11 is 1.33. The summed E-state index contributed by atoms with van der Waals surface area (Å²) < 4.78 is 44.0. The van der Waals surface area contributed by atoms with Gasteiger partial charge in [-0.3, -0.25) is 4.79 Å². The van der Waals surface area contributed by atoms with E-state index in [9.17, 15) is 18.0 Å². The van der Waals surface area contributed by atoms with E-state index in [0.717, 1.165) is 30.7 Å². The highest BCUT2D eigenvalue weighted by atomic mass is 32.1. The minimum Gasteiger partial charge on any atom is -0.493 e. The third-order valence-corrected chi connectivity index (χ3v) is 6.48. The van der Waals surface area contributed by atoms with Crippen LogP contribution in [0, 0.1) is 5.92 Å². The van der Waals surface area contributed by atoms with Crippen molar-refractivity contribution in [1.29, 1.82) is 0 Å². The summed E-state index contributed by atoms with van der Waals surface area (Å²) in [6.07, 6.45) is -2.37. The van der Waals surface area contributed by atoms with E-state index in [1.165, 1.54) is 23.5 Å². The van der Waals surface area contributed by atoms with Gasteiger partial charge in [-0.1, -0.05) is 30.3 Å². The van der Waals surface area contributed by atoms with Crippen LogP contribution in [0.3, 0.4) is 0 Å². The summed E-state index contributed by atoms with van der Waals surface area (Å²) in [6.45, 7) is 2.03. The number of likely N-dealkylation sites (tertiary alicyclic amines) is 1. The van der Waals surface area contributed by atoms with Crippen molar-refractivity contribution in [1.82, 2.24) is 9.88 Å². The number of alkyl halides is 3. The van der Waals surface area contributed by atoms with Gasteiger partial charge in [-0.2, -0.15) is 13.2 Å². The summed E-state index contributed by atoms with van der Waals surface area (Å²) in [7, 11) is 0. The maximum absolute atomic E-state index is 12.7. The van der Waals surface area contributed by atoms with E-state index >= 15 is 0 Å². The molecule has 0 atom stereocenters. The SMILES string of the molecule is O=C(Cc1csc(-c2ccc(C(F)(F)F)cc2)n1)N1CCC(COc2ccccc2)CC1. The molecule has 4 rings (SSSR count). The molecule has 0 aliphatic carbocycles. The number of rotatable bonds is 6. The molecule has 8 heteroatoms. The molecule has 168 valence electrons. The topological polar surface area (TPSA) is 42.4 Å². The smallest absolute Gasteiger partial charge is 0.416 e. The number of hydrogen-bond donors (Lipinski definition) is 0. The molecule has 0 unspecified atom stereocenters. The van der Waals surface area contributed by atoms with Crippen LogP contribution in [0.4, 0.5) is 13.2 Å². The number of ether oxygens (including phenoxy) is 1. The Balaban J connectivity index is 1.26. The van der Waals surface area contributed by atoms with Crippen molar-refractivity contribution < 1.29 is 22.7 Å². The molecule has 1 aromatic heterocycles. The highest BCUT2D eigenvalue weighted by molar-refractivity contribution is 7.13. The Morgan fingerprint density at radius 1 is 1.06 bits per heavy atom. The molecule has 1 aliphatic heterocycles. The molecule has 1 aliphatic rings. The zero-order valence-corrected chi connectivity index (χ0v) is 18.2. The molecule has 2 heterocycles. The van der Waals surface area contributed by atoms with Crippen LogP contribution in [0.1, 0.15) is 24.1 Å². The maximum Gasteiger partial charge on any atom is 0.416 e. The number of thiazole rings is 1. The van der Waals surface area contributed by atoms with Crippen LogP contribution < -0.4 is 4.74 Å². The number of carbonyl (C=O) groups is 1. The third-order valence-electron chi connectivity index (χ3n) is 5.54. The summed E-state index contributed by atoms with van der Waals surface area (Å²) in [5.41, 5.74) is 0.566. The number of amides is 1. The number of piperidine rings is 1. The number of para-hydroxylation sites is 1. The van der Waals surface area contributed by atoms with Crippen LogP contribution in [-0.2, 0) is 17.4 Å². The molecular weight excluding hydrogens is 437 g/mol. The Morgan fingerprint density at radius 2 is 1.75 bits per heavy atom. The number of benzene rings is 2. The van der Waals surface area contributed by atoms with Crippen LogP contribution >= 0.6 is 11.3 Å². The molecule has 3 aromatic rings. The van der Waals surface area contributed by atoms with E-state index in [2.05, 4.69) is 4.98 Å². The predicted octanol–water partition coefficient (Wildman–Crippen LogP) is 5.69. The molecule has 4 nitrogen and oxygen atoms in total. The lowest BCUT2D eigenvalue weighted by Gasteiger charge is -2.31. The lowest BCUT2D eigenvalue weighted by Crippen LogP contribution is -2.40. The van der Waals surface area contributed by atoms with Gasteiger partial charge in [0.1, 0.15) is 10.8 Å². The van der Waals surface area contributed by atoms with Crippen molar-refractivity contribution in [3.8, 4) is 16.3 Å². The Bertz CT molecular complexity index is 1030. The second-order valence-electron chi connectivity index (χ2n) is 7.84. The molecule has 1 saturated heterocycles. The van der Waals surface area contributed by atoms with Crippen molar-refractivity contribution in [3.05, 3.63) is 71.2 Å². The summed E-state index contributed by atoms with van der Waals surface area (Å²) in [6, 6.07) is 14.6. The van der Waals surface area contributed by atoms with Crippen LogP contribution in [0.5, 0.6) is 5.75 Å². The minimum absolute atomic E-state index is 0.0247. The zero-order valence-electron chi connectivity index (χ0n) is 17.3. The van der Waals surface area contributed by atoms with Crippen LogP contribution in [0.25, 0.3) is 10.6 Å². The molecule has 0 spiro atoms. The highest BCUT2D eigenvalue weighted by Crippen LogP contribution is 2.32. The Morgan fingerprint density at radius 3 is 2.41 bits per heavy atom. The molecule has 2 aromatic carbocycles. The second-order valence-corrected chi connectivity index (χ2v) is 8.70. The van der Waals surface area contributed by atoms with Gasteiger partial charge in [-0.15, -0.1) is 11.3 Å². The molecule has 0 saturated carbocycles.